The molecule has 0 aliphatic rings. The van der Waals surface area contributed by atoms with Crippen LogP contribution < -0.4 is 0 Å². The van der Waals surface area contributed by atoms with E-state index in [1.54, 1.807) is 0 Å². The second-order valence-electron chi connectivity index (χ2n) is 1.04. The molecule has 0 saturated carbocycles. The minimum atomic E-state index is -1.64. The van der Waals surface area contributed by atoms with E-state index >= 15 is 0 Å². The van der Waals surface area contributed by atoms with Crippen molar-refractivity contribution in [1.29, 1.82) is 0 Å². The zero-order valence-corrected chi connectivity index (χ0v) is 5.99. The molecule has 4 heteroatoms. The Morgan fingerprint density at radius 3 is 2.88 bits per heavy atom. The summed E-state index contributed by atoms with van der Waals surface area (Å²) in [5, 5.41) is 0. The Hall–Kier alpha value is 0.0900. The largest absolute Gasteiger partial charge is 0.524 e. The van der Waals surface area contributed by atoms with Gasteiger partial charge in [0.25, 0.3) is 5.62 Å². The van der Waals surface area contributed by atoms with Crippen molar-refractivity contribution in [2.75, 3.05) is 12.2 Å². The van der Waals surface area contributed by atoms with E-state index in [1.807, 2.05) is 0 Å². The van der Waals surface area contributed by atoms with Crippen LogP contribution in [0.5, 0.6) is 0 Å². The summed E-state index contributed by atoms with van der Waals surface area (Å²) >= 11 is 5.14. The first-order valence-corrected chi connectivity index (χ1v) is 3.95. The molecule has 0 fully saturated rings. The molecule has 8 heavy (non-hydrogen) atoms. The molecule has 0 amide bonds. The topological polar surface area (TPSA) is 26.3 Å². The van der Waals surface area contributed by atoms with Crippen molar-refractivity contribution < 1.29 is 9.09 Å². The lowest BCUT2D eigenvalue weighted by Gasteiger charge is -1.76. The molecule has 0 aromatic carbocycles. The quantitative estimate of drug-likeness (QED) is 0.351. The predicted octanol–water partition coefficient (Wildman–Crippen LogP) is 2.13. The fraction of sp³-hybridized carbons (Fsp3) is 0.500. The van der Waals surface area contributed by atoms with Crippen molar-refractivity contribution in [3.8, 4) is 0 Å². The first kappa shape index (κ1) is 8.09. The third-order valence-electron chi connectivity index (χ3n) is 0.434. The van der Waals surface area contributed by atoms with Crippen molar-refractivity contribution in [3.63, 3.8) is 0 Å². The molecule has 0 radical (unpaired) electrons. The van der Waals surface area contributed by atoms with Gasteiger partial charge in [0.15, 0.2) is 0 Å². The molecule has 0 aliphatic heterocycles. The van der Waals surface area contributed by atoms with Gasteiger partial charge >= 0.3 is 8.03 Å². The van der Waals surface area contributed by atoms with Gasteiger partial charge in [-0.1, -0.05) is 17.7 Å². The first-order chi connectivity index (χ1) is 3.81. The van der Waals surface area contributed by atoms with Crippen molar-refractivity contribution >= 4 is 19.6 Å². The maximum Gasteiger partial charge on any atom is 0.524 e. The van der Waals surface area contributed by atoms with Crippen molar-refractivity contribution in [2.24, 2.45) is 0 Å². The van der Waals surface area contributed by atoms with Crippen LogP contribution in [0, 0.1) is 0 Å². The second kappa shape index (κ2) is 5.23. The van der Waals surface area contributed by atoms with E-state index in [1.165, 1.54) is 6.08 Å². The Labute approximate surface area is 54.4 Å². The highest BCUT2D eigenvalue weighted by atomic mass is 35.5. The summed E-state index contributed by atoms with van der Waals surface area (Å²) in [6, 6.07) is 0. The van der Waals surface area contributed by atoms with Crippen LogP contribution in [-0.4, -0.2) is 12.2 Å². The zero-order chi connectivity index (χ0) is 6.41. The van der Waals surface area contributed by atoms with Crippen LogP contribution in [0.2, 0.25) is 0 Å². The fourth-order valence-electron chi connectivity index (χ4n) is 0.170. The molecule has 46 valence electrons. The van der Waals surface area contributed by atoms with E-state index in [-0.39, 0.29) is 5.62 Å². The van der Waals surface area contributed by atoms with E-state index in [0.717, 1.165) is 0 Å². The molecule has 1 atom stereocenters. The third kappa shape index (κ3) is 4.25. The van der Waals surface area contributed by atoms with Gasteiger partial charge in [-0.25, -0.2) is 0 Å². The zero-order valence-electron chi connectivity index (χ0n) is 4.34. The molecule has 1 unspecified atom stereocenters. The van der Waals surface area contributed by atoms with Gasteiger partial charge in [-0.3, -0.25) is 0 Å². The lowest BCUT2D eigenvalue weighted by atomic mass is 10.7. The van der Waals surface area contributed by atoms with Crippen molar-refractivity contribution in [3.05, 3.63) is 12.7 Å². The fourth-order valence-corrected chi connectivity index (χ4v) is 0.718. The Morgan fingerprint density at radius 2 is 2.50 bits per heavy atom. The SMILES string of the molecule is C=CCO[P+](=O)CCl. The van der Waals surface area contributed by atoms with Gasteiger partial charge < -0.3 is 0 Å². The lowest BCUT2D eigenvalue weighted by Crippen LogP contribution is -1.77. The van der Waals surface area contributed by atoms with Gasteiger partial charge in [-0.15, -0.1) is 11.1 Å². The second-order valence-corrected chi connectivity index (χ2v) is 2.92. The third-order valence-corrected chi connectivity index (χ3v) is 1.65. The normalized spacial score (nSPS) is 10.9. The number of hydrogen-bond donors (Lipinski definition) is 0. The highest BCUT2D eigenvalue weighted by Gasteiger charge is 2.11. The summed E-state index contributed by atoms with van der Waals surface area (Å²) in [6.45, 7) is 3.68. The monoisotopic (exact) mass is 153 g/mol. The van der Waals surface area contributed by atoms with E-state index in [4.69, 9.17) is 11.6 Å². The van der Waals surface area contributed by atoms with Crippen LogP contribution in [0.15, 0.2) is 12.7 Å². The maximum atomic E-state index is 10.3. The highest BCUT2D eigenvalue weighted by molar-refractivity contribution is 7.41. The smallest absolute Gasteiger partial charge is 0.141 e. The molecule has 0 bridgehead atoms. The summed E-state index contributed by atoms with van der Waals surface area (Å²) in [6.07, 6.45) is 1.53. The molecule has 0 aliphatic carbocycles. The summed E-state index contributed by atoms with van der Waals surface area (Å²) in [7, 11) is -1.64. The van der Waals surface area contributed by atoms with Crippen LogP contribution in [0.1, 0.15) is 0 Å². The van der Waals surface area contributed by atoms with Crippen LogP contribution in [0.4, 0.5) is 0 Å². The summed E-state index contributed by atoms with van der Waals surface area (Å²) in [5.74, 6) is 0. The Morgan fingerprint density at radius 1 is 1.88 bits per heavy atom. The number of hydrogen-bond acceptors (Lipinski definition) is 2. The number of alkyl halides is 1. The standard InChI is InChI=1S/C4H7ClO2P/c1-2-3-7-8(6)4-5/h2H,1,3-4H2/q+1. The number of halogens is 1. The van der Waals surface area contributed by atoms with Gasteiger partial charge in [0, 0.05) is 0 Å². The minimum absolute atomic E-state index is 0.0587. The van der Waals surface area contributed by atoms with Crippen LogP contribution in [-0.2, 0) is 9.09 Å². The Balaban J connectivity index is 3.11. The van der Waals surface area contributed by atoms with Gasteiger partial charge in [0.2, 0.25) is 0 Å². The maximum absolute atomic E-state index is 10.3. The van der Waals surface area contributed by atoms with E-state index in [9.17, 15) is 4.57 Å². The van der Waals surface area contributed by atoms with E-state index in [2.05, 4.69) is 11.1 Å². The average molecular weight is 154 g/mol. The Bertz CT molecular complexity index is 94.0. The lowest BCUT2D eigenvalue weighted by molar-refractivity contribution is 0.374. The van der Waals surface area contributed by atoms with Crippen LogP contribution in [0.3, 0.4) is 0 Å². The van der Waals surface area contributed by atoms with Crippen LogP contribution in [0.25, 0.3) is 0 Å². The molecule has 0 aromatic heterocycles. The predicted molar refractivity (Wildman–Crippen MR) is 34.5 cm³/mol. The van der Waals surface area contributed by atoms with E-state index in [0.29, 0.717) is 6.61 Å². The molecular formula is C4H7ClO2P+. The van der Waals surface area contributed by atoms with Crippen LogP contribution >= 0.6 is 19.6 Å². The van der Waals surface area contributed by atoms with E-state index < -0.39 is 8.03 Å². The summed E-state index contributed by atoms with van der Waals surface area (Å²) in [4.78, 5) is 0. The molecule has 0 heterocycles. The van der Waals surface area contributed by atoms with Gasteiger partial charge in [0.1, 0.15) is 6.61 Å². The molecular weight excluding hydrogens is 146 g/mol. The van der Waals surface area contributed by atoms with Gasteiger partial charge in [0.05, 0.1) is 0 Å². The molecule has 0 aromatic rings. The highest BCUT2D eigenvalue weighted by Crippen LogP contribution is 2.22. The minimum Gasteiger partial charge on any atom is -0.141 e. The van der Waals surface area contributed by atoms with Gasteiger partial charge in [-0.05, 0) is 4.57 Å². The Kier molecular flexibility index (Phi) is 5.29. The molecule has 0 spiro atoms. The first-order valence-electron chi connectivity index (χ1n) is 2.05. The average Bonchev–Trinajstić information content (AvgIpc) is 1.83. The van der Waals surface area contributed by atoms with Gasteiger partial charge in [-0.2, -0.15) is 0 Å². The van der Waals surface area contributed by atoms with Crippen molar-refractivity contribution in [1.82, 2.24) is 0 Å². The summed E-state index contributed by atoms with van der Waals surface area (Å²) in [5.41, 5.74) is 0.0587. The number of rotatable bonds is 4. The summed E-state index contributed by atoms with van der Waals surface area (Å²) < 4.78 is 14.9. The molecule has 0 saturated heterocycles. The molecule has 0 rings (SSSR count). The molecule has 0 N–H and O–H groups in total. The molecule has 2 nitrogen and oxygen atoms in total. The van der Waals surface area contributed by atoms with Crippen molar-refractivity contribution in [2.45, 2.75) is 0 Å².